The number of rotatable bonds is 4. The van der Waals surface area contributed by atoms with E-state index in [1.54, 1.807) is 21.3 Å². The van der Waals surface area contributed by atoms with Crippen LogP contribution in [0.4, 0.5) is 0 Å². The molecule has 0 radical (unpaired) electrons. The molecular weight excluding hydrogens is 266 g/mol. The van der Waals surface area contributed by atoms with Gasteiger partial charge in [-0.25, -0.2) is 0 Å². The van der Waals surface area contributed by atoms with Crippen molar-refractivity contribution in [2.45, 2.75) is 13.1 Å². The molecule has 0 amide bonds. The van der Waals surface area contributed by atoms with Crippen LogP contribution < -0.4 is 19.5 Å². The van der Waals surface area contributed by atoms with Crippen molar-refractivity contribution in [1.82, 2.24) is 5.32 Å². The zero-order chi connectivity index (χ0) is 14.8. The lowest BCUT2D eigenvalue weighted by Crippen LogP contribution is -1.99. The quantitative estimate of drug-likeness (QED) is 0.937. The molecule has 3 rings (SSSR count). The lowest BCUT2D eigenvalue weighted by atomic mass is 10.00. The minimum atomic E-state index is 0.617. The number of fused-ring (bicyclic) bond motifs is 1. The summed E-state index contributed by atoms with van der Waals surface area (Å²) in [5, 5.41) is 3.36. The predicted molar refractivity (Wildman–Crippen MR) is 82.1 cm³/mol. The second-order valence-electron chi connectivity index (χ2n) is 5.00. The third kappa shape index (κ3) is 2.43. The molecule has 0 spiro atoms. The Kier molecular flexibility index (Phi) is 3.71. The monoisotopic (exact) mass is 285 g/mol. The van der Waals surface area contributed by atoms with E-state index in [0.29, 0.717) is 17.2 Å². The maximum Gasteiger partial charge on any atom is 0.203 e. The first-order chi connectivity index (χ1) is 10.3. The highest BCUT2D eigenvalue weighted by atomic mass is 16.5. The van der Waals surface area contributed by atoms with Gasteiger partial charge in [0.15, 0.2) is 11.5 Å². The number of nitrogens with one attached hydrogen (secondary N) is 1. The molecule has 0 fully saturated rings. The van der Waals surface area contributed by atoms with E-state index in [4.69, 9.17) is 14.2 Å². The van der Waals surface area contributed by atoms with Crippen LogP contribution in [-0.4, -0.2) is 21.3 Å². The standard InChI is InChI=1S/C17H19NO3/c1-19-15-7-13(8-16(20-2)17(15)21-3)11-4-5-12-9-18-10-14(12)6-11/h4-8,18H,9-10H2,1-3H3. The van der Waals surface area contributed by atoms with Gasteiger partial charge in [0, 0.05) is 13.1 Å². The Morgan fingerprint density at radius 1 is 0.762 bits per heavy atom. The first-order valence-corrected chi connectivity index (χ1v) is 6.89. The van der Waals surface area contributed by atoms with Crippen molar-refractivity contribution in [3.63, 3.8) is 0 Å². The largest absolute Gasteiger partial charge is 0.493 e. The molecule has 0 aliphatic carbocycles. The maximum atomic E-state index is 5.42. The number of hydrogen-bond donors (Lipinski definition) is 1. The normalized spacial score (nSPS) is 12.9. The first-order valence-electron chi connectivity index (χ1n) is 6.89. The van der Waals surface area contributed by atoms with Gasteiger partial charge >= 0.3 is 0 Å². The summed E-state index contributed by atoms with van der Waals surface area (Å²) in [7, 11) is 4.88. The third-order valence-electron chi connectivity index (χ3n) is 3.84. The highest BCUT2D eigenvalue weighted by molar-refractivity contribution is 5.72. The van der Waals surface area contributed by atoms with Crippen LogP contribution in [0.5, 0.6) is 17.2 Å². The third-order valence-corrected chi connectivity index (χ3v) is 3.84. The summed E-state index contributed by atoms with van der Waals surface area (Å²) in [5.41, 5.74) is 4.92. The molecule has 1 aliphatic heterocycles. The van der Waals surface area contributed by atoms with Gasteiger partial charge in [0.25, 0.3) is 0 Å². The van der Waals surface area contributed by atoms with Gasteiger partial charge in [0.1, 0.15) is 0 Å². The number of ether oxygens (including phenoxy) is 3. The second kappa shape index (κ2) is 5.66. The van der Waals surface area contributed by atoms with Crippen LogP contribution in [0.3, 0.4) is 0 Å². The SMILES string of the molecule is COc1cc(-c2ccc3c(c2)CNC3)cc(OC)c1OC. The summed E-state index contributed by atoms with van der Waals surface area (Å²) in [6, 6.07) is 10.5. The molecule has 0 bridgehead atoms. The van der Waals surface area contributed by atoms with E-state index in [-0.39, 0.29) is 0 Å². The van der Waals surface area contributed by atoms with Crippen molar-refractivity contribution in [3.8, 4) is 28.4 Å². The molecule has 1 N–H and O–H groups in total. The van der Waals surface area contributed by atoms with Crippen molar-refractivity contribution < 1.29 is 14.2 Å². The van der Waals surface area contributed by atoms with Gasteiger partial charge in [-0.1, -0.05) is 12.1 Å². The molecule has 2 aromatic rings. The lowest BCUT2D eigenvalue weighted by Gasteiger charge is -2.14. The molecule has 0 saturated carbocycles. The summed E-state index contributed by atoms with van der Waals surface area (Å²) < 4.78 is 16.2. The number of methoxy groups -OCH3 is 3. The molecule has 2 aromatic carbocycles. The average Bonchev–Trinajstić information content (AvgIpc) is 3.00. The van der Waals surface area contributed by atoms with E-state index in [2.05, 4.69) is 23.5 Å². The molecule has 1 heterocycles. The summed E-state index contributed by atoms with van der Waals surface area (Å²) >= 11 is 0. The molecule has 0 saturated heterocycles. The van der Waals surface area contributed by atoms with Gasteiger partial charge in [0.05, 0.1) is 21.3 Å². The molecule has 110 valence electrons. The fourth-order valence-electron chi connectivity index (χ4n) is 2.72. The Morgan fingerprint density at radius 3 is 2.05 bits per heavy atom. The molecule has 21 heavy (non-hydrogen) atoms. The van der Waals surface area contributed by atoms with E-state index >= 15 is 0 Å². The molecular formula is C17H19NO3. The smallest absolute Gasteiger partial charge is 0.203 e. The lowest BCUT2D eigenvalue weighted by molar-refractivity contribution is 0.324. The van der Waals surface area contributed by atoms with Crippen molar-refractivity contribution in [2.24, 2.45) is 0 Å². The van der Waals surface area contributed by atoms with Crippen LogP contribution in [0, 0.1) is 0 Å². The fraction of sp³-hybridized carbons (Fsp3) is 0.294. The van der Waals surface area contributed by atoms with Crippen LogP contribution in [0.15, 0.2) is 30.3 Å². The van der Waals surface area contributed by atoms with Gasteiger partial charge < -0.3 is 19.5 Å². The molecule has 0 aromatic heterocycles. The van der Waals surface area contributed by atoms with Crippen molar-refractivity contribution in [2.75, 3.05) is 21.3 Å². The van der Waals surface area contributed by atoms with Crippen LogP contribution in [-0.2, 0) is 13.1 Å². The van der Waals surface area contributed by atoms with Crippen LogP contribution in [0.25, 0.3) is 11.1 Å². The van der Waals surface area contributed by atoms with E-state index in [9.17, 15) is 0 Å². The van der Waals surface area contributed by atoms with Gasteiger partial charge in [-0.15, -0.1) is 0 Å². The minimum Gasteiger partial charge on any atom is -0.493 e. The zero-order valence-corrected chi connectivity index (χ0v) is 12.5. The molecule has 4 nitrogen and oxygen atoms in total. The van der Waals surface area contributed by atoms with Crippen LogP contribution >= 0.6 is 0 Å². The van der Waals surface area contributed by atoms with Gasteiger partial charge in [0.2, 0.25) is 5.75 Å². The van der Waals surface area contributed by atoms with Crippen LogP contribution in [0.2, 0.25) is 0 Å². The predicted octanol–water partition coefficient (Wildman–Crippen LogP) is 2.98. The highest BCUT2D eigenvalue weighted by Crippen LogP contribution is 2.41. The van der Waals surface area contributed by atoms with Crippen molar-refractivity contribution in [1.29, 1.82) is 0 Å². The van der Waals surface area contributed by atoms with E-state index in [0.717, 1.165) is 24.2 Å². The summed E-state index contributed by atoms with van der Waals surface area (Å²) in [6.45, 7) is 1.87. The Bertz CT molecular complexity index is 642. The Balaban J connectivity index is 2.10. The summed E-state index contributed by atoms with van der Waals surface area (Å²) in [4.78, 5) is 0. The average molecular weight is 285 g/mol. The Labute approximate surface area is 124 Å². The van der Waals surface area contributed by atoms with Gasteiger partial charge in [-0.3, -0.25) is 0 Å². The highest BCUT2D eigenvalue weighted by Gasteiger charge is 2.16. The van der Waals surface area contributed by atoms with E-state index in [1.807, 2.05) is 12.1 Å². The first kappa shape index (κ1) is 13.8. The molecule has 0 atom stereocenters. The van der Waals surface area contributed by atoms with Gasteiger partial charge in [-0.2, -0.15) is 0 Å². The second-order valence-corrected chi connectivity index (χ2v) is 5.00. The van der Waals surface area contributed by atoms with Crippen molar-refractivity contribution in [3.05, 3.63) is 41.5 Å². The van der Waals surface area contributed by atoms with Crippen molar-refractivity contribution >= 4 is 0 Å². The topological polar surface area (TPSA) is 39.7 Å². The summed E-state index contributed by atoms with van der Waals surface area (Å²) in [6.07, 6.45) is 0. The van der Waals surface area contributed by atoms with E-state index < -0.39 is 0 Å². The maximum absolute atomic E-state index is 5.42. The molecule has 0 unspecified atom stereocenters. The Morgan fingerprint density at radius 2 is 1.43 bits per heavy atom. The zero-order valence-electron chi connectivity index (χ0n) is 12.5. The fourth-order valence-corrected chi connectivity index (χ4v) is 2.72. The number of benzene rings is 2. The molecule has 4 heteroatoms. The van der Waals surface area contributed by atoms with Gasteiger partial charge in [-0.05, 0) is 40.5 Å². The van der Waals surface area contributed by atoms with Crippen LogP contribution in [0.1, 0.15) is 11.1 Å². The minimum absolute atomic E-state index is 0.617. The molecule has 1 aliphatic rings. The van der Waals surface area contributed by atoms with E-state index in [1.165, 1.54) is 11.1 Å². The Hall–Kier alpha value is -2.20. The summed E-state index contributed by atoms with van der Waals surface area (Å²) in [5.74, 6) is 1.96. The number of hydrogen-bond acceptors (Lipinski definition) is 4.